The van der Waals surface area contributed by atoms with Gasteiger partial charge in [0.05, 0.1) is 17.2 Å². The fraction of sp³-hybridized carbons (Fsp3) is 1.00. The molecule has 0 aromatic carbocycles. The lowest BCUT2D eigenvalue weighted by molar-refractivity contribution is -0.389. The molecule has 4 heterocycles. The normalized spacial score (nSPS) is 74.4. The van der Waals surface area contributed by atoms with Crippen LogP contribution in [0.3, 0.4) is 0 Å². The molecular weight excluding hydrogens is 126 g/mol. The van der Waals surface area contributed by atoms with E-state index in [2.05, 4.69) is 5.32 Å². The first kappa shape index (κ1) is 4.73. The molecule has 4 aliphatic heterocycles. The molecule has 0 aromatic heterocycles. The third-order valence-electron chi connectivity index (χ3n) is 4.05. The minimum Gasteiger partial charge on any atom is -0.369 e. The van der Waals surface area contributed by atoms with Gasteiger partial charge >= 0.3 is 0 Å². The van der Waals surface area contributed by atoms with Gasteiger partial charge in [0.25, 0.3) is 0 Å². The summed E-state index contributed by atoms with van der Waals surface area (Å²) in [6.07, 6.45) is 6.18. The second-order valence-corrected chi connectivity index (χ2v) is 4.47. The predicted octanol–water partition coefficient (Wildman–Crippen LogP) is 0.422. The first-order valence-electron chi connectivity index (χ1n) is 4.28. The van der Waals surface area contributed by atoms with Gasteiger partial charge in [-0.3, -0.25) is 0 Å². The van der Waals surface area contributed by atoms with Crippen LogP contribution in [0, 0.1) is 0 Å². The lowest BCUT2D eigenvalue weighted by atomic mass is 9.45. The second kappa shape index (κ2) is 0.978. The maximum Gasteiger partial charge on any atom is 0.0917 e. The Morgan fingerprint density at radius 3 is 1.90 bits per heavy atom. The molecule has 4 saturated heterocycles. The smallest absolute Gasteiger partial charge is 0.0917 e. The summed E-state index contributed by atoms with van der Waals surface area (Å²) in [7, 11) is 0. The van der Waals surface area contributed by atoms with Gasteiger partial charge in [0.2, 0.25) is 0 Å². The highest BCUT2D eigenvalue weighted by Crippen LogP contribution is 2.66. The highest BCUT2D eigenvalue weighted by atomic mass is 16.6. The van der Waals surface area contributed by atoms with Crippen LogP contribution >= 0.6 is 0 Å². The molecule has 2 aliphatic carbocycles. The number of hydrogen-bond donors (Lipinski definition) is 1. The van der Waals surface area contributed by atoms with Crippen molar-refractivity contribution in [1.82, 2.24) is 5.32 Å². The van der Waals surface area contributed by atoms with Gasteiger partial charge < -0.3 is 10.1 Å². The maximum absolute atomic E-state index is 5.70. The van der Waals surface area contributed by atoms with Crippen LogP contribution in [0.2, 0.25) is 0 Å². The van der Waals surface area contributed by atoms with Gasteiger partial charge in [-0.2, -0.15) is 0 Å². The summed E-state index contributed by atoms with van der Waals surface area (Å²) >= 11 is 0. The van der Waals surface area contributed by atoms with Crippen molar-refractivity contribution >= 4 is 0 Å². The molecule has 0 atom stereocenters. The number of rotatable bonds is 1. The zero-order valence-corrected chi connectivity index (χ0v) is 5.89. The van der Waals surface area contributed by atoms with Crippen LogP contribution < -0.4 is 5.32 Å². The topological polar surface area (TPSA) is 21.3 Å². The van der Waals surface area contributed by atoms with E-state index in [0.717, 1.165) is 6.04 Å². The highest BCUT2D eigenvalue weighted by Gasteiger charge is 2.77. The molecule has 6 aliphatic rings. The average Bonchev–Trinajstić information content (AvgIpc) is 1.36. The predicted molar refractivity (Wildman–Crippen MR) is 35.7 cm³/mol. The maximum atomic E-state index is 5.70. The number of nitrogens with one attached hydrogen (secondary N) is 1. The third kappa shape index (κ3) is 0.250. The van der Waals surface area contributed by atoms with Gasteiger partial charge in [-0.25, -0.2) is 0 Å². The molecule has 54 valence electrons. The van der Waals surface area contributed by atoms with Crippen LogP contribution in [0.1, 0.15) is 25.7 Å². The summed E-state index contributed by atoms with van der Waals surface area (Å²) in [6, 6.07) is 0.873. The standard InChI is InChI=1S/C8H11NO/c1-5-2-7(1,9-5)8-3-6(4-8)10-8/h5-6,9H,1-4H2. The molecule has 0 aromatic rings. The first-order chi connectivity index (χ1) is 4.82. The van der Waals surface area contributed by atoms with Gasteiger partial charge in [-0.05, 0) is 12.8 Å². The summed E-state index contributed by atoms with van der Waals surface area (Å²) in [5.41, 5.74) is 0.846. The Bertz CT molecular complexity index is 167. The van der Waals surface area contributed by atoms with Crippen molar-refractivity contribution in [3.05, 3.63) is 0 Å². The summed E-state index contributed by atoms with van der Waals surface area (Å²) in [5.74, 6) is 0. The fourth-order valence-electron chi connectivity index (χ4n) is 3.11. The minimum absolute atomic E-state index is 0.354. The quantitative estimate of drug-likeness (QED) is 0.565. The summed E-state index contributed by atoms with van der Waals surface area (Å²) in [6.45, 7) is 0. The average molecular weight is 137 g/mol. The Morgan fingerprint density at radius 2 is 1.80 bits per heavy atom. The van der Waals surface area contributed by atoms with Crippen LogP contribution in [0.25, 0.3) is 0 Å². The Balaban J connectivity index is 1.73. The zero-order valence-electron chi connectivity index (χ0n) is 5.89. The van der Waals surface area contributed by atoms with Crippen molar-refractivity contribution in [3.8, 4) is 0 Å². The van der Waals surface area contributed by atoms with Gasteiger partial charge in [0.1, 0.15) is 0 Å². The molecule has 0 unspecified atom stereocenters. The molecule has 6 rings (SSSR count). The molecule has 0 amide bonds. The molecule has 4 bridgehead atoms. The molecule has 6 fully saturated rings. The van der Waals surface area contributed by atoms with Crippen LogP contribution in [0.5, 0.6) is 0 Å². The number of hydrogen-bond acceptors (Lipinski definition) is 2. The molecule has 2 nitrogen and oxygen atoms in total. The van der Waals surface area contributed by atoms with E-state index in [4.69, 9.17) is 4.74 Å². The Morgan fingerprint density at radius 1 is 1.20 bits per heavy atom. The second-order valence-electron chi connectivity index (χ2n) is 4.47. The summed E-state index contributed by atoms with van der Waals surface area (Å²) in [5, 5.41) is 3.57. The molecule has 2 saturated carbocycles. The minimum atomic E-state index is 0.354. The number of ether oxygens (including phenoxy) is 1. The van der Waals surface area contributed by atoms with Crippen molar-refractivity contribution in [1.29, 1.82) is 0 Å². The SMILES string of the molecule is C1C2CC1(C13CC(C1)O3)N2. The van der Waals surface area contributed by atoms with E-state index in [1.165, 1.54) is 25.7 Å². The van der Waals surface area contributed by atoms with E-state index in [1.54, 1.807) is 0 Å². The van der Waals surface area contributed by atoms with E-state index in [9.17, 15) is 0 Å². The highest BCUT2D eigenvalue weighted by molar-refractivity contribution is 5.33. The van der Waals surface area contributed by atoms with Crippen molar-refractivity contribution in [2.24, 2.45) is 0 Å². The van der Waals surface area contributed by atoms with Gasteiger partial charge in [0.15, 0.2) is 0 Å². The van der Waals surface area contributed by atoms with Crippen molar-refractivity contribution in [3.63, 3.8) is 0 Å². The van der Waals surface area contributed by atoms with Crippen LogP contribution in [-0.2, 0) is 4.74 Å². The molecular formula is C8H11NO. The van der Waals surface area contributed by atoms with E-state index in [1.807, 2.05) is 0 Å². The first-order valence-corrected chi connectivity index (χ1v) is 4.28. The van der Waals surface area contributed by atoms with Crippen molar-refractivity contribution < 1.29 is 4.74 Å². The van der Waals surface area contributed by atoms with Crippen molar-refractivity contribution in [2.75, 3.05) is 0 Å². The largest absolute Gasteiger partial charge is 0.369 e. The van der Waals surface area contributed by atoms with Crippen LogP contribution in [0.15, 0.2) is 0 Å². The van der Waals surface area contributed by atoms with Gasteiger partial charge in [-0.1, -0.05) is 0 Å². The van der Waals surface area contributed by atoms with Crippen LogP contribution in [-0.4, -0.2) is 23.3 Å². The van der Waals surface area contributed by atoms with E-state index in [0.29, 0.717) is 17.2 Å². The Hall–Kier alpha value is -0.0800. The molecule has 1 N–H and O–H groups in total. The summed E-state index contributed by atoms with van der Waals surface area (Å²) < 4.78 is 5.70. The Kier molecular flexibility index (Phi) is 0.462. The van der Waals surface area contributed by atoms with E-state index >= 15 is 0 Å². The molecule has 0 spiro atoms. The Labute approximate surface area is 59.9 Å². The monoisotopic (exact) mass is 137 g/mol. The van der Waals surface area contributed by atoms with Crippen molar-refractivity contribution in [2.45, 2.75) is 49.0 Å². The zero-order chi connectivity index (χ0) is 6.40. The van der Waals surface area contributed by atoms with E-state index in [-0.39, 0.29) is 0 Å². The van der Waals surface area contributed by atoms with Crippen LogP contribution in [0.4, 0.5) is 0 Å². The molecule has 2 heteroatoms. The fourth-order valence-corrected chi connectivity index (χ4v) is 3.11. The summed E-state index contributed by atoms with van der Waals surface area (Å²) in [4.78, 5) is 0. The van der Waals surface area contributed by atoms with Gasteiger partial charge in [-0.15, -0.1) is 0 Å². The lowest BCUT2D eigenvalue weighted by Crippen LogP contribution is -2.93. The molecule has 0 radical (unpaired) electrons. The third-order valence-corrected chi connectivity index (χ3v) is 4.05. The van der Waals surface area contributed by atoms with Gasteiger partial charge in [0, 0.05) is 18.9 Å². The molecule has 10 heavy (non-hydrogen) atoms. The van der Waals surface area contributed by atoms with E-state index < -0.39 is 0 Å². The lowest BCUT2D eigenvalue weighted by Gasteiger charge is -2.79.